The molecule has 4 nitrogen and oxygen atoms in total. The number of aromatic nitrogens is 2. The van der Waals surface area contributed by atoms with Gasteiger partial charge in [-0.05, 0) is 37.6 Å². The van der Waals surface area contributed by atoms with Gasteiger partial charge in [-0.15, -0.1) is 0 Å². The molecule has 1 unspecified atom stereocenters. The Morgan fingerprint density at radius 3 is 3.17 bits per heavy atom. The molecule has 2 aromatic rings. The Hall–Kier alpha value is -1.75. The molecule has 1 saturated heterocycles. The number of benzene rings is 1. The fourth-order valence-corrected chi connectivity index (χ4v) is 2.43. The molecule has 0 saturated carbocycles. The van der Waals surface area contributed by atoms with E-state index in [2.05, 4.69) is 10.3 Å². The van der Waals surface area contributed by atoms with Crippen LogP contribution in [-0.2, 0) is 6.54 Å². The highest BCUT2D eigenvalue weighted by molar-refractivity contribution is 5.77. The van der Waals surface area contributed by atoms with E-state index in [4.69, 9.17) is 0 Å². The highest BCUT2D eigenvalue weighted by atomic mass is 19.1. The van der Waals surface area contributed by atoms with E-state index in [1.54, 1.807) is 16.7 Å². The lowest BCUT2D eigenvalue weighted by Gasteiger charge is -2.11. The van der Waals surface area contributed by atoms with Crippen molar-refractivity contribution in [1.82, 2.24) is 14.9 Å². The fraction of sp³-hybridized carbons (Fsp3) is 0.385. The van der Waals surface area contributed by atoms with Gasteiger partial charge in [-0.3, -0.25) is 9.36 Å². The number of fused-ring (bicyclic) bond motifs is 1. The van der Waals surface area contributed by atoms with Crippen LogP contribution in [0.2, 0.25) is 0 Å². The summed E-state index contributed by atoms with van der Waals surface area (Å²) in [4.78, 5) is 16.3. The lowest BCUT2D eigenvalue weighted by Crippen LogP contribution is -2.25. The van der Waals surface area contributed by atoms with Gasteiger partial charge >= 0.3 is 0 Å². The molecule has 1 aliphatic rings. The molecule has 0 spiro atoms. The van der Waals surface area contributed by atoms with Crippen molar-refractivity contribution in [3.63, 3.8) is 0 Å². The Morgan fingerprint density at radius 1 is 1.50 bits per heavy atom. The summed E-state index contributed by atoms with van der Waals surface area (Å²) in [6.07, 6.45) is 2.51. The van der Waals surface area contributed by atoms with E-state index >= 15 is 0 Å². The molecule has 0 bridgehead atoms. The molecule has 2 heterocycles. The van der Waals surface area contributed by atoms with Gasteiger partial charge in [-0.25, -0.2) is 9.37 Å². The van der Waals surface area contributed by atoms with Gasteiger partial charge in [0.15, 0.2) is 0 Å². The average Bonchev–Trinajstić information content (AvgIpc) is 2.86. The summed E-state index contributed by atoms with van der Waals surface area (Å²) >= 11 is 0. The minimum atomic E-state index is -0.445. The normalized spacial score (nSPS) is 19.5. The summed E-state index contributed by atoms with van der Waals surface area (Å²) < 4.78 is 15.1. The van der Waals surface area contributed by atoms with E-state index in [1.165, 1.54) is 12.4 Å². The van der Waals surface area contributed by atoms with E-state index in [0.29, 0.717) is 17.8 Å². The molecule has 1 atom stereocenters. The molecular weight excluding hydrogens is 233 g/mol. The summed E-state index contributed by atoms with van der Waals surface area (Å²) in [5.41, 5.74) is -0.00491. The largest absolute Gasteiger partial charge is 0.316 e. The van der Waals surface area contributed by atoms with Crippen molar-refractivity contribution in [1.29, 1.82) is 0 Å². The van der Waals surface area contributed by atoms with Gasteiger partial charge in [0, 0.05) is 6.54 Å². The van der Waals surface area contributed by atoms with Crippen molar-refractivity contribution < 1.29 is 4.39 Å². The van der Waals surface area contributed by atoms with Crippen LogP contribution in [0.5, 0.6) is 0 Å². The van der Waals surface area contributed by atoms with Gasteiger partial charge in [-0.2, -0.15) is 0 Å². The minimum absolute atomic E-state index is 0.156. The van der Waals surface area contributed by atoms with Gasteiger partial charge in [0.2, 0.25) is 0 Å². The maximum atomic E-state index is 13.5. The number of nitrogens with one attached hydrogen (secondary N) is 1. The van der Waals surface area contributed by atoms with E-state index < -0.39 is 5.82 Å². The number of halogens is 1. The molecule has 1 fully saturated rings. The van der Waals surface area contributed by atoms with Crippen molar-refractivity contribution in [2.75, 3.05) is 13.1 Å². The topological polar surface area (TPSA) is 46.9 Å². The standard InChI is InChI=1S/C13H14FN3O/c14-11-3-1-2-10-12(11)16-8-17(13(10)18)7-9-4-5-15-6-9/h1-3,8-9,15H,4-7H2. The van der Waals surface area contributed by atoms with Crippen LogP contribution in [0.1, 0.15) is 6.42 Å². The van der Waals surface area contributed by atoms with Crippen LogP contribution in [0, 0.1) is 11.7 Å². The molecule has 5 heteroatoms. The van der Waals surface area contributed by atoms with Crippen molar-refractivity contribution in [3.8, 4) is 0 Å². The van der Waals surface area contributed by atoms with Gasteiger partial charge in [0.05, 0.1) is 11.7 Å². The second-order valence-corrected chi connectivity index (χ2v) is 4.70. The van der Waals surface area contributed by atoms with E-state index in [-0.39, 0.29) is 11.1 Å². The summed E-state index contributed by atoms with van der Waals surface area (Å²) in [6.45, 7) is 2.56. The van der Waals surface area contributed by atoms with E-state index in [0.717, 1.165) is 19.5 Å². The summed E-state index contributed by atoms with van der Waals surface area (Å²) in [7, 11) is 0. The SMILES string of the molecule is O=c1c2cccc(F)c2ncn1CC1CCNC1. The number of rotatable bonds is 2. The third kappa shape index (κ3) is 1.90. The van der Waals surface area contributed by atoms with Crippen molar-refractivity contribution in [3.05, 3.63) is 40.7 Å². The van der Waals surface area contributed by atoms with Crippen LogP contribution < -0.4 is 10.9 Å². The summed E-state index contributed by atoms with van der Waals surface area (Å²) in [6, 6.07) is 4.49. The summed E-state index contributed by atoms with van der Waals surface area (Å²) in [5.74, 6) is 0.00907. The number of hydrogen-bond donors (Lipinski definition) is 1. The lowest BCUT2D eigenvalue weighted by molar-refractivity contribution is 0.469. The van der Waals surface area contributed by atoms with Crippen molar-refractivity contribution in [2.45, 2.75) is 13.0 Å². The minimum Gasteiger partial charge on any atom is -0.316 e. The predicted octanol–water partition coefficient (Wildman–Crippen LogP) is 1.15. The second-order valence-electron chi connectivity index (χ2n) is 4.70. The average molecular weight is 247 g/mol. The maximum Gasteiger partial charge on any atom is 0.261 e. The number of nitrogens with zero attached hydrogens (tertiary/aromatic N) is 2. The lowest BCUT2D eigenvalue weighted by atomic mass is 10.1. The highest BCUT2D eigenvalue weighted by Gasteiger charge is 2.16. The number of para-hydroxylation sites is 1. The first kappa shape index (κ1) is 11.3. The zero-order chi connectivity index (χ0) is 12.5. The Kier molecular flexibility index (Phi) is 2.83. The van der Waals surface area contributed by atoms with Crippen LogP contribution in [0.25, 0.3) is 10.9 Å². The molecule has 1 aromatic heterocycles. The van der Waals surface area contributed by atoms with Crippen LogP contribution in [0.15, 0.2) is 29.3 Å². The first-order chi connectivity index (χ1) is 8.75. The molecule has 1 aromatic carbocycles. The molecule has 0 aliphatic carbocycles. The Morgan fingerprint density at radius 2 is 2.39 bits per heavy atom. The zero-order valence-electron chi connectivity index (χ0n) is 9.90. The van der Waals surface area contributed by atoms with E-state index in [1.807, 2.05) is 0 Å². The third-order valence-electron chi connectivity index (χ3n) is 3.42. The van der Waals surface area contributed by atoms with Crippen molar-refractivity contribution in [2.24, 2.45) is 5.92 Å². The monoisotopic (exact) mass is 247 g/mol. The molecule has 3 rings (SSSR count). The smallest absolute Gasteiger partial charge is 0.261 e. The Balaban J connectivity index is 2.03. The first-order valence-corrected chi connectivity index (χ1v) is 6.10. The molecule has 1 aliphatic heterocycles. The molecule has 1 N–H and O–H groups in total. The van der Waals surface area contributed by atoms with Gasteiger partial charge in [0.25, 0.3) is 5.56 Å². The molecular formula is C13H14FN3O. The molecule has 0 radical (unpaired) electrons. The zero-order valence-corrected chi connectivity index (χ0v) is 9.90. The van der Waals surface area contributed by atoms with Crippen molar-refractivity contribution >= 4 is 10.9 Å². The Bertz CT molecular complexity index is 632. The van der Waals surface area contributed by atoms with Gasteiger partial charge in [-0.1, -0.05) is 6.07 Å². The van der Waals surface area contributed by atoms with Crippen LogP contribution in [-0.4, -0.2) is 22.6 Å². The van der Waals surface area contributed by atoms with Crippen LogP contribution >= 0.6 is 0 Å². The predicted molar refractivity (Wildman–Crippen MR) is 66.9 cm³/mol. The van der Waals surface area contributed by atoms with Gasteiger partial charge in [0.1, 0.15) is 11.3 Å². The molecule has 18 heavy (non-hydrogen) atoms. The Labute approximate surface area is 103 Å². The molecule has 94 valence electrons. The first-order valence-electron chi connectivity index (χ1n) is 6.10. The van der Waals surface area contributed by atoms with Crippen LogP contribution in [0.4, 0.5) is 4.39 Å². The fourth-order valence-electron chi connectivity index (χ4n) is 2.43. The quantitative estimate of drug-likeness (QED) is 0.865. The molecule has 0 amide bonds. The second kappa shape index (κ2) is 4.49. The van der Waals surface area contributed by atoms with E-state index in [9.17, 15) is 9.18 Å². The maximum absolute atomic E-state index is 13.5. The summed E-state index contributed by atoms with van der Waals surface area (Å²) in [5, 5.41) is 3.61. The van der Waals surface area contributed by atoms with Crippen LogP contribution in [0.3, 0.4) is 0 Å². The third-order valence-corrected chi connectivity index (χ3v) is 3.42. The number of hydrogen-bond acceptors (Lipinski definition) is 3. The van der Waals surface area contributed by atoms with Gasteiger partial charge < -0.3 is 5.32 Å². The highest BCUT2D eigenvalue weighted by Crippen LogP contribution is 2.13.